The zero-order valence-electron chi connectivity index (χ0n) is 19.9. The molecule has 3 saturated carbocycles. The molecule has 3 fully saturated rings. The van der Waals surface area contributed by atoms with Crippen molar-refractivity contribution in [3.63, 3.8) is 0 Å². The van der Waals surface area contributed by atoms with Gasteiger partial charge in [0.2, 0.25) is 0 Å². The minimum absolute atomic E-state index is 0.0350. The van der Waals surface area contributed by atoms with E-state index in [1.807, 2.05) is 12.1 Å². The molecule has 4 aliphatic carbocycles. The highest BCUT2D eigenvalue weighted by molar-refractivity contribution is 5.91. The van der Waals surface area contributed by atoms with Crippen molar-refractivity contribution >= 4 is 11.8 Å². The molecule has 4 aliphatic rings. The second-order valence-electron chi connectivity index (χ2n) is 11.6. The lowest BCUT2D eigenvalue weighted by atomic mass is 9.45. The third kappa shape index (κ3) is 3.38. The number of ether oxygens (including phenoxy) is 1. The lowest BCUT2D eigenvalue weighted by Gasteiger charge is -2.59. The number of esters is 1. The summed E-state index contributed by atoms with van der Waals surface area (Å²) in [4.78, 5) is 25.1. The summed E-state index contributed by atoms with van der Waals surface area (Å²) in [6.07, 6.45) is 12.9. The lowest BCUT2D eigenvalue weighted by molar-refractivity contribution is -0.151. The molecule has 0 saturated heterocycles. The van der Waals surface area contributed by atoms with Gasteiger partial charge in [-0.25, -0.2) is 0 Å². The number of hydrogen-bond donors (Lipinski definition) is 0. The Balaban J connectivity index is 1.42. The molecule has 0 heterocycles. The molecule has 172 valence electrons. The first-order chi connectivity index (χ1) is 15.4. The molecule has 3 heteroatoms. The topological polar surface area (TPSA) is 43.4 Å². The van der Waals surface area contributed by atoms with Gasteiger partial charge in [0.05, 0.1) is 13.0 Å². The third-order valence-corrected chi connectivity index (χ3v) is 10.4. The Bertz CT molecular complexity index is 904. The van der Waals surface area contributed by atoms with E-state index in [0.717, 1.165) is 19.3 Å². The predicted molar refractivity (Wildman–Crippen MR) is 126 cm³/mol. The highest BCUT2D eigenvalue weighted by Crippen LogP contribution is 2.67. The molecule has 3 nitrogen and oxygen atoms in total. The number of methoxy groups -OCH3 is 1. The van der Waals surface area contributed by atoms with Crippen molar-refractivity contribution < 1.29 is 14.3 Å². The van der Waals surface area contributed by atoms with Crippen LogP contribution in [-0.2, 0) is 20.7 Å². The largest absolute Gasteiger partial charge is 0.469 e. The summed E-state index contributed by atoms with van der Waals surface area (Å²) in [5, 5.41) is 0. The van der Waals surface area contributed by atoms with Gasteiger partial charge >= 0.3 is 5.97 Å². The predicted octanol–water partition coefficient (Wildman–Crippen LogP) is 6.02. The summed E-state index contributed by atoms with van der Waals surface area (Å²) in [6, 6.07) is 10.4. The van der Waals surface area contributed by atoms with E-state index in [-0.39, 0.29) is 22.7 Å². The summed E-state index contributed by atoms with van der Waals surface area (Å²) in [5.74, 6) is 3.19. The molecule has 0 radical (unpaired) electrons. The molecular weight excluding hydrogens is 396 g/mol. The third-order valence-electron chi connectivity index (χ3n) is 10.4. The number of benzene rings is 1. The van der Waals surface area contributed by atoms with Crippen LogP contribution in [0.4, 0.5) is 0 Å². The van der Waals surface area contributed by atoms with Crippen molar-refractivity contribution in [2.75, 3.05) is 7.11 Å². The van der Waals surface area contributed by atoms with E-state index < -0.39 is 0 Å². The Morgan fingerprint density at radius 3 is 2.59 bits per heavy atom. The second kappa shape index (κ2) is 8.15. The van der Waals surface area contributed by atoms with Crippen molar-refractivity contribution in [1.82, 2.24) is 0 Å². The maximum absolute atomic E-state index is 13.0. The molecule has 0 aliphatic heterocycles. The van der Waals surface area contributed by atoms with Crippen LogP contribution in [0.1, 0.15) is 64.4 Å². The summed E-state index contributed by atoms with van der Waals surface area (Å²) < 4.78 is 5.35. The van der Waals surface area contributed by atoms with Gasteiger partial charge in [0.25, 0.3) is 0 Å². The summed E-state index contributed by atoms with van der Waals surface area (Å²) in [5.41, 5.74) is 1.60. The van der Waals surface area contributed by atoms with E-state index in [0.29, 0.717) is 35.4 Å². The van der Waals surface area contributed by atoms with Crippen molar-refractivity contribution in [3.05, 3.63) is 48.0 Å². The van der Waals surface area contributed by atoms with E-state index in [1.165, 1.54) is 37.7 Å². The van der Waals surface area contributed by atoms with Crippen LogP contribution in [0.2, 0.25) is 0 Å². The van der Waals surface area contributed by atoms with E-state index in [2.05, 4.69) is 44.2 Å². The highest BCUT2D eigenvalue weighted by Gasteiger charge is 2.61. The molecule has 32 heavy (non-hydrogen) atoms. The molecule has 0 amide bonds. The van der Waals surface area contributed by atoms with E-state index in [9.17, 15) is 9.59 Å². The fourth-order valence-corrected chi connectivity index (χ4v) is 8.75. The fraction of sp³-hybridized carbons (Fsp3) is 0.655. The highest BCUT2D eigenvalue weighted by atomic mass is 16.5. The first-order valence-corrected chi connectivity index (χ1v) is 12.7. The van der Waals surface area contributed by atoms with Crippen LogP contribution < -0.4 is 0 Å². The molecule has 8 atom stereocenters. The van der Waals surface area contributed by atoms with Gasteiger partial charge in [-0.3, -0.25) is 9.59 Å². The van der Waals surface area contributed by atoms with Gasteiger partial charge in [-0.05, 0) is 97.0 Å². The zero-order valence-corrected chi connectivity index (χ0v) is 19.9. The Hall–Kier alpha value is -1.90. The van der Waals surface area contributed by atoms with E-state index in [1.54, 1.807) is 7.11 Å². The van der Waals surface area contributed by atoms with Crippen molar-refractivity contribution in [2.24, 2.45) is 46.3 Å². The molecule has 0 spiro atoms. The minimum atomic E-state index is -0.0620. The number of allylic oxidation sites excluding steroid dienone is 2. The first kappa shape index (κ1) is 21.9. The van der Waals surface area contributed by atoms with Crippen LogP contribution in [0.5, 0.6) is 0 Å². The molecule has 0 N–H and O–H groups in total. The molecule has 0 bridgehead atoms. The molecule has 1 aromatic carbocycles. The summed E-state index contributed by atoms with van der Waals surface area (Å²) in [6.45, 7) is 4.92. The average Bonchev–Trinajstić information content (AvgIpc) is 3.15. The van der Waals surface area contributed by atoms with Gasteiger partial charge in [-0.2, -0.15) is 0 Å². The molecule has 0 aromatic heterocycles. The number of hydrogen-bond acceptors (Lipinski definition) is 3. The Morgan fingerprint density at radius 2 is 1.84 bits per heavy atom. The lowest BCUT2D eigenvalue weighted by Crippen LogP contribution is -2.53. The smallest absolute Gasteiger partial charge is 0.309 e. The van der Waals surface area contributed by atoms with Crippen molar-refractivity contribution in [3.8, 4) is 0 Å². The second-order valence-corrected chi connectivity index (χ2v) is 11.6. The van der Waals surface area contributed by atoms with Gasteiger partial charge in [0.15, 0.2) is 5.78 Å². The minimum Gasteiger partial charge on any atom is -0.469 e. The van der Waals surface area contributed by atoms with Gasteiger partial charge in [0, 0.05) is 6.42 Å². The quantitative estimate of drug-likeness (QED) is 0.544. The summed E-state index contributed by atoms with van der Waals surface area (Å²) in [7, 11) is 1.55. The molecule has 0 unspecified atom stereocenters. The van der Waals surface area contributed by atoms with Crippen molar-refractivity contribution in [2.45, 2.75) is 65.2 Å². The summed E-state index contributed by atoms with van der Waals surface area (Å²) >= 11 is 0. The number of ketones is 1. The van der Waals surface area contributed by atoms with Gasteiger partial charge in [-0.15, -0.1) is 0 Å². The van der Waals surface area contributed by atoms with Crippen LogP contribution in [0.3, 0.4) is 0 Å². The van der Waals surface area contributed by atoms with Crippen LogP contribution >= 0.6 is 0 Å². The Labute approximate surface area is 193 Å². The van der Waals surface area contributed by atoms with E-state index in [4.69, 9.17) is 4.74 Å². The van der Waals surface area contributed by atoms with Crippen molar-refractivity contribution in [1.29, 1.82) is 0 Å². The van der Waals surface area contributed by atoms with E-state index >= 15 is 0 Å². The maximum Gasteiger partial charge on any atom is 0.309 e. The zero-order chi connectivity index (χ0) is 22.5. The Morgan fingerprint density at radius 1 is 1.06 bits per heavy atom. The Kier molecular flexibility index (Phi) is 5.58. The van der Waals surface area contributed by atoms with Gasteiger partial charge in [0.1, 0.15) is 0 Å². The number of carbonyl (C=O) groups excluding carboxylic acids is 2. The van der Waals surface area contributed by atoms with Crippen LogP contribution in [0.25, 0.3) is 0 Å². The molecular formula is C29H38O3. The van der Waals surface area contributed by atoms with Gasteiger partial charge < -0.3 is 4.74 Å². The van der Waals surface area contributed by atoms with Crippen LogP contribution in [0.15, 0.2) is 42.5 Å². The monoisotopic (exact) mass is 434 g/mol. The van der Waals surface area contributed by atoms with Crippen LogP contribution in [-0.4, -0.2) is 18.9 Å². The SMILES string of the molecule is COC(=O)[C@H](Cc1ccccc1)[C@H]1CC[C@H]2[C@@H]3CC[C@H]4CC(=O)C=C[C@]4(C)[C@H]3CC[C@]12C. The fourth-order valence-electron chi connectivity index (χ4n) is 8.75. The first-order valence-electron chi connectivity index (χ1n) is 12.7. The average molecular weight is 435 g/mol. The van der Waals surface area contributed by atoms with Crippen LogP contribution in [0, 0.1) is 46.3 Å². The molecule has 5 rings (SSSR count). The molecule has 1 aromatic rings. The number of rotatable bonds is 4. The number of carbonyl (C=O) groups is 2. The standard InChI is InChI=1S/C29H38O3/c1-28-15-13-21(30)18-20(28)9-10-22-24-11-12-25(29(24,2)16-14-26(22)28)23(27(31)32-3)17-19-7-5-4-6-8-19/h4-8,13,15,20,22-26H,9-12,14,16-18H2,1-3H3/t20-,22-,23+,24-,25+,26-,28-,29-/m0/s1. The maximum atomic E-state index is 13.0. The number of fused-ring (bicyclic) bond motifs is 5. The normalized spacial score (nSPS) is 41.3. The van der Waals surface area contributed by atoms with Gasteiger partial charge in [-0.1, -0.05) is 50.3 Å².